The summed E-state index contributed by atoms with van der Waals surface area (Å²) in [5.41, 5.74) is 3.03. The summed E-state index contributed by atoms with van der Waals surface area (Å²) in [6.07, 6.45) is 0.792. The molecule has 1 heterocycles. The predicted molar refractivity (Wildman–Crippen MR) is 135 cm³/mol. The van der Waals surface area contributed by atoms with Gasteiger partial charge in [0.05, 0.1) is 17.3 Å². The predicted octanol–water partition coefficient (Wildman–Crippen LogP) is 5.75. The van der Waals surface area contributed by atoms with Crippen molar-refractivity contribution in [3.8, 4) is 11.4 Å². The van der Waals surface area contributed by atoms with Crippen molar-refractivity contribution in [2.75, 3.05) is 12.3 Å². The second-order valence-corrected chi connectivity index (χ2v) is 9.16. The van der Waals surface area contributed by atoms with E-state index in [9.17, 15) is 4.79 Å². The number of rotatable bonds is 9. The van der Waals surface area contributed by atoms with Crippen LogP contribution in [0.15, 0.2) is 84.0 Å². The first kappa shape index (κ1) is 23.4. The molecule has 1 N–H and O–H groups in total. The Bertz CT molecular complexity index is 1220. The Kier molecular flexibility index (Phi) is 8.05. The molecule has 1 amide bonds. The van der Waals surface area contributed by atoms with Crippen LogP contribution in [0.2, 0.25) is 10.0 Å². The third-order valence-electron chi connectivity index (χ3n) is 4.98. The number of hydrogen-bond acceptors (Lipinski definition) is 4. The molecular formula is C25H22Cl2N4OS. The van der Waals surface area contributed by atoms with E-state index in [0.29, 0.717) is 34.1 Å². The zero-order valence-electron chi connectivity index (χ0n) is 17.7. The average molecular weight is 497 g/mol. The molecule has 0 spiro atoms. The van der Waals surface area contributed by atoms with Crippen LogP contribution in [0.25, 0.3) is 11.4 Å². The van der Waals surface area contributed by atoms with E-state index in [1.807, 2.05) is 59.2 Å². The fourth-order valence-electron chi connectivity index (χ4n) is 3.35. The van der Waals surface area contributed by atoms with Gasteiger partial charge in [0.25, 0.3) is 0 Å². The summed E-state index contributed by atoms with van der Waals surface area (Å²) in [4.78, 5) is 12.4. The molecule has 1 aromatic heterocycles. The fraction of sp³-hybridized carbons (Fsp3) is 0.160. The van der Waals surface area contributed by atoms with E-state index in [1.165, 1.54) is 17.3 Å². The maximum atomic E-state index is 12.4. The second kappa shape index (κ2) is 11.4. The molecule has 4 rings (SSSR count). The highest BCUT2D eigenvalue weighted by molar-refractivity contribution is 7.99. The molecule has 0 atom stereocenters. The Balaban J connectivity index is 1.47. The lowest BCUT2D eigenvalue weighted by atomic mass is 10.1. The highest BCUT2D eigenvalue weighted by atomic mass is 35.5. The van der Waals surface area contributed by atoms with Gasteiger partial charge < -0.3 is 5.32 Å². The van der Waals surface area contributed by atoms with Crippen molar-refractivity contribution in [3.63, 3.8) is 0 Å². The number of halogens is 2. The van der Waals surface area contributed by atoms with Crippen molar-refractivity contribution >= 4 is 40.9 Å². The number of nitrogens with one attached hydrogen (secondary N) is 1. The van der Waals surface area contributed by atoms with Gasteiger partial charge in [-0.25, -0.2) is 0 Å². The van der Waals surface area contributed by atoms with Crippen molar-refractivity contribution < 1.29 is 4.79 Å². The Labute approximate surface area is 207 Å². The van der Waals surface area contributed by atoms with E-state index < -0.39 is 0 Å². The van der Waals surface area contributed by atoms with Gasteiger partial charge in [-0.1, -0.05) is 95.6 Å². The highest BCUT2D eigenvalue weighted by Crippen LogP contribution is 2.32. The van der Waals surface area contributed by atoms with Gasteiger partial charge in [0.2, 0.25) is 5.91 Å². The summed E-state index contributed by atoms with van der Waals surface area (Å²) in [5.74, 6) is 0.833. The van der Waals surface area contributed by atoms with Gasteiger partial charge in [-0.15, -0.1) is 10.2 Å². The molecule has 0 unspecified atom stereocenters. The van der Waals surface area contributed by atoms with Crippen molar-refractivity contribution in [1.29, 1.82) is 0 Å². The topological polar surface area (TPSA) is 59.8 Å². The minimum atomic E-state index is -0.0451. The number of nitrogens with zero attached hydrogens (tertiary/aromatic N) is 3. The van der Waals surface area contributed by atoms with E-state index in [1.54, 1.807) is 12.1 Å². The minimum absolute atomic E-state index is 0.0451. The summed E-state index contributed by atoms with van der Waals surface area (Å²) >= 11 is 13.9. The molecular weight excluding hydrogens is 475 g/mol. The van der Waals surface area contributed by atoms with Crippen LogP contribution in [0, 0.1) is 0 Å². The monoisotopic (exact) mass is 496 g/mol. The van der Waals surface area contributed by atoms with Gasteiger partial charge >= 0.3 is 0 Å². The third kappa shape index (κ3) is 6.38. The molecule has 168 valence electrons. The number of amides is 1. The number of aromatic nitrogens is 3. The van der Waals surface area contributed by atoms with Gasteiger partial charge in [0.1, 0.15) is 0 Å². The fourth-order valence-corrected chi connectivity index (χ4v) is 4.61. The number of benzene rings is 3. The largest absolute Gasteiger partial charge is 0.355 e. The summed E-state index contributed by atoms with van der Waals surface area (Å²) < 4.78 is 1.98. The highest BCUT2D eigenvalue weighted by Gasteiger charge is 2.18. The lowest BCUT2D eigenvalue weighted by molar-refractivity contribution is -0.118. The van der Waals surface area contributed by atoms with Gasteiger partial charge in [-0.2, -0.15) is 0 Å². The molecule has 3 aromatic carbocycles. The molecule has 0 radical (unpaired) electrons. The summed E-state index contributed by atoms with van der Waals surface area (Å²) in [6.45, 7) is 1.14. The lowest BCUT2D eigenvalue weighted by Crippen LogP contribution is -2.27. The summed E-state index contributed by atoms with van der Waals surface area (Å²) in [6, 6.07) is 25.4. The number of hydrogen-bond donors (Lipinski definition) is 1. The normalized spacial score (nSPS) is 10.8. The van der Waals surface area contributed by atoms with E-state index in [2.05, 4.69) is 27.6 Å². The van der Waals surface area contributed by atoms with E-state index in [-0.39, 0.29) is 11.7 Å². The molecule has 4 aromatic rings. The Morgan fingerprint density at radius 2 is 1.61 bits per heavy atom. The number of carbonyl (C=O) groups excluding carboxylic acids is 1. The SMILES string of the molecule is O=C(CSc1nnc(-c2ccc(Cl)cc2Cl)n1Cc1ccccc1)NCCc1ccccc1. The summed E-state index contributed by atoms with van der Waals surface area (Å²) in [7, 11) is 0. The van der Waals surface area contributed by atoms with Crippen LogP contribution in [-0.2, 0) is 17.8 Å². The van der Waals surface area contributed by atoms with E-state index >= 15 is 0 Å². The second-order valence-electron chi connectivity index (χ2n) is 7.38. The molecule has 0 fully saturated rings. The smallest absolute Gasteiger partial charge is 0.230 e. The summed E-state index contributed by atoms with van der Waals surface area (Å²) in [5, 5.41) is 13.4. The lowest BCUT2D eigenvalue weighted by Gasteiger charge is -2.12. The maximum absolute atomic E-state index is 12.4. The van der Waals surface area contributed by atoms with Gasteiger partial charge in [-0.05, 0) is 35.7 Å². The van der Waals surface area contributed by atoms with Crippen molar-refractivity contribution in [1.82, 2.24) is 20.1 Å². The Morgan fingerprint density at radius 3 is 2.30 bits per heavy atom. The van der Waals surface area contributed by atoms with Gasteiger partial charge in [-0.3, -0.25) is 9.36 Å². The maximum Gasteiger partial charge on any atom is 0.230 e. The molecule has 33 heavy (non-hydrogen) atoms. The first-order valence-electron chi connectivity index (χ1n) is 10.5. The molecule has 0 aliphatic carbocycles. The first-order chi connectivity index (χ1) is 16.1. The molecule has 0 saturated heterocycles. The first-order valence-corrected chi connectivity index (χ1v) is 12.2. The molecule has 0 bridgehead atoms. The van der Waals surface area contributed by atoms with Crippen molar-refractivity contribution in [2.24, 2.45) is 0 Å². The number of carbonyl (C=O) groups is 1. The van der Waals surface area contributed by atoms with Crippen LogP contribution in [0.3, 0.4) is 0 Å². The van der Waals surface area contributed by atoms with Crippen molar-refractivity contribution in [3.05, 3.63) is 100 Å². The van der Waals surface area contributed by atoms with Crippen LogP contribution in [0.4, 0.5) is 0 Å². The van der Waals surface area contributed by atoms with Crippen LogP contribution < -0.4 is 5.32 Å². The standard InChI is InChI=1S/C25H22Cl2N4OS/c26-20-11-12-21(22(27)15-20)24-29-30-25(31(24)16-19-9-5-2-6-10-19)33-17-23(32)28-14-13-18-7-3-1-4-8-18/h1-12,15H,13-14,16-17H2,(H,28,32). The minimum Gasteiger partial charge on any atom is -0.355 e. The van der Waals surface area contributed by atoms with Crippen LogP contribution in [0.1, 0.15) is 11.1 Å². The average Bonchev–Trinajstić information content (AvgIpc) is 3.21. The molecule has 0 saturated carbocycles. The van der Waals surface area contributed by atoms with Gasteiger partial charge in [0, 0.05) is 17.1 Å². The number of thioether (sulfide) groups is 1. The third-order valence-corrected chi connectivity index (χ3v) is 6.50. The van der Waals surface area contributed by atoms with Crippen LogP contribution in [-0.4, -0.2) is 33.0 Å². The van der Waals surface area contributed by atoms with Crippen LogP contribution in [0.5, 0.6) is 0 Å². The quantitative estimate of drug-likeness (QED) is 0.299. The molecule has 8 heteroatoms. The molecule has 5 nitrogen and oxygen atoms in total. The Hall–Kier alpha value is -2.80. The van der Waals surface area contributed by atoms with Gasteiger partial charge in [0.15, 0.2) is 11.0 Å². The van der Waals surface area contributed by atoms with Crippen LogP contribution >= 0.6 is 35.0 Å². The molecule has 0 aliphatic heterocycles. The van der Waals surface area contributed by atoms with Crippen molar-refractivity contribution in [2.45, 2.75) is 18.1 Å². The molecule has 0 aliphatic rings. The Morgan fingerprint density at radius 1 is 0.909 bits per heavy atom. The zero-order valence-corrected chi connectivity index (χ0v) is 20.1. The zero-order chi connectivity index (χ0) is 23.0. The van der Waals surface area contributed by atoms with E-state index in [0.717, 1.165) is 17.5 Å². The van der Waals surface area contributed by atoms with E-state index in [4.69, 9.17) is 23.2 Å².